The first-order valence-corrected chi connectivity index (χ1v) is 11.2. The summed E-state index contributed by atoms with van der Waals surface area (Å²) in [6.07, 6.45) is 4.40. The van der Waals surface area contributed by atoms with Crippen molar-refractivity contribution in [1.29, 1.82) is 0 Å². The minimum atomic E-state index is -1.10. The Balaban J connectivity index is 1.51. The van der Waals surface area contributed by atoms with E-state index in [9.17, 15) is 15.0 Å². The largest absolute Gasteiger partial charge is 0.550 e. The number of benzene rings is 2. The molecular formula is C23H29Cl2N2O4-. The van der Waals surface area contributed by atoms with Gasteiger partial charge in [0, 0.05) is 18.9 Å². The zero-order chi connectivity index (χ0) is 22.6. The molecule has 8 heteroatoms. The molecule has 0 aliphatic carbocycles. The van der Waals surface area contributed by atoms with Crippen molar-refractivity contribution >= 4 is 34.9 Å². The Labute approximate surface area is 193 Å². The van der Waals surface area contributed by atoms with E-state index in [2.05, 4.69) is 5.32 Å². The molecule has 0 heterocycles. The number of hydrogen-bond acceptors (Lipinski definition) is 6. The number of aliphatic hydroxyl groups is 1. The van der Waals surface area contributed by atoms with Crippen molar-refractivity contribution in [3.63, 3.8) is 0 Å². The van der Waals surface area contributed by atoms with Crippen molar-refractivity contribution in [3.8, 4) is 5.75 Å². The normalized spacial score (nSPS) is 12.0. The van der Waals surface area contributed by atoms with E-state index in [1.165, 1.54) is 0 Å². The second-order valence-electron chi connectivity index (χ2n) is 7.43. The van der Waals surface area contributed by atoms with Crippen LogP contribution in [-0.2, 0) is 11.2 Å². The molecular weight excluding hydrogens is 439 g/mol. The van der Waals surface area contributed by atoms with Crippen molar-refractivity contribution in [2.75, 3.05) is 25.4 Å². The molecule has 2 rings (SSSR count). The second-order valence-corrected chi connectivity index (χ2v) is 8.24. The summed E-state index contributed by atoms with van der Waals surface area (Å²) in [4.78, 5) is 10.7. The van der Waals surface area contributed by atoms with Crippen LogP contribution in [0.3, 0.4) is 0 Å². The predicted molar refractivity (Wildman–Crippen MR) is 122 cm³/mol. The molecule has 2 aromatic rings. The molecule has 31 heavy (non-hydrogen) atoms. The van der Waals surface area contributed by atoms with Gasteiger partial charge in [0.05, 0.1) is 28.4 Å². The van der Waals surface area contributed by atoms with E-state index < -0.39 is 12.1 Å². The molecule has 0 saturated heterocycles. The number of carboxylic acid groups (broad SMARTS) is 1. The smallest absolute Gasteiger partial charge is 0.119 e. The van der Waals surface area contributed by atoms with Crippen LogP contribution in [0.1, 0.15) is 49.3 Å². The zero-order valence-corrected chi connectivity index (χ0v) is 18.9. The Morgan fingerprint density at radius 3 is 2.48 bits per heavy atom. The Morgan fingerprint density at radius 1 is 1.10 bits per heavy atom. The Morgan fingerprint density at radius 2 is 1.77 bits per heavy atom. The molecule has 0 fully saturated rings. The number of hydrogen-bond donors (Lipinski definition) is 3. The number of carboxylic acids is 1. The summed E-state index contributed by atoms with van der Waals surface area (Å²) < 4.78 is 5.69. The molecule has 0 amide bonds. The van der Waals surface area contributed by atoms with Gasteiger partial charge in [0.1, 0.15) is 5.75 Å². The quantitative estimate of drug-likeness (QED) is 0.289. The van der Waals surface area contributed by atoms with Gasteiger partial charge >= 0.3 is 0 Å². The highest BCUT2D eigenvalue weighted by Gasteiger charge is 2.11. The maximum absolute atomic E-state index is 10.7. The molecule has 0 radical (unpaired) electrons. The number of carbonyl (C=O) groups excluding carboxylic acids is 1. The SMILES string of the molecule is Nc1c(Cl)cc(C(O)CNCCCCCCCOc2cccc(CC(=O)[O-])c2)cc1Cl. The Hall–Kier alpha value is -1.99. The third kappa shape index (κ3) is 9.35. The zero-order valence-electron chi connectivity index (χ0n) is 17.4. The molecule has 0 aliphatic heterocycles. The standard InChI is InChI=1S/C23H30Cl2N2O4/c24-19-13-17(14-20(25)23(19)26)21(28)15-27-9-4-2-1-3-5-10-31-18-8-6-7-16(11-18)12-22(29)30/h6-8,11,13-14,21,27-28H,1-5,9-10,12,15,26H2,(H,29,30)/p-1. The summed E-state index contributed by atoms with van der Waals surface area (Å²) in [5.41, 5.74) is 7.35. The molecule has 0 bridgehead atoms. The van der Waals surface area contributed by atoms with Crippen LogP contribution in [0.25, 0.3) is 0 Å². The maximum atomic E-state index is 10.7. The maximum Gasteiger partial charge on any atom is 0.119 e. The van der Waals surface area contributed by atoms with E-state index in [1.54, 1.807) is 30.3 Å². The minimum Gasteiger partial charge on any atom is -0.550 e. The number of nitrogens with two attached hydrogens (primary N) is 1. The van der Waals surface area contributed by atoms with Gasteiger partial charge in [0.2, 0.25) is 0 Å². The minimum absolute atomic E-state index is 0.107. The fourth-order valence-electron chi connectivity index (χ4n) is 3.14. The molecule has 170 valence electrons. The highest BCUT2D eigenvalue weighted by Crippen LogP contribution is 2.31. The Kier molecular flexibility index (Phi) is 10.9. The van der Waals surface area contributed by atoms with Crippen molar-refractivity contribution in [1.82, 2.24) is 5.32 Å². The van der Waals surface area contributed by atoms with Gasteiger partial charge in [-0.05, 0) is 54.8 Å². The third-order valence-corrected chi connectivity index (χ3v) is 5.46. The van der Waals surface area contributed by atoms with E-state index in [4.69, 9.17) is 33.7 Å². The molecule has 1 atom stereocenters. The molecule has 6 nitrogen and oxygen atoms in total. The summed E-state index contributed by atoms with van der Waals surface area (Å²) >= 11 is 12.0. The van der Waals surface area contributed by atoms with Crippen LogP contribution < -0.4 is 20.9 Å². The number of nitrogens with one attached hydrogen (secondary N) is 1. The molecule has 0 aliphatic rings. The lowest BCUT2D eigenvalue weighted by Gasteiger charge is -2.14. The van der Waals surface area contributed by atoms with Crippen molar-refractivity contribution in [2.24, 2.45) is 0 Å². The summed E-state index contributed by atoms with van der Waals surface area (Å²) in [5, 5.41) is 24.8. The average Bonchev–Trinajstić information content (AvgIpc) is 2.72. The van der Waals surface area contributed by atoms with Crippen LogP contribution in [0.15, 0.2) is 36.4 Å². The molecule has 2 aromatic carbocycles. The first-order valence-electron chi connectivity index (χ1n) is 10.4. The lowest BCUT2D eigenvalue weighted by molar-refractivity contribution is -0.304. The summed E-state index contributed by atoms with van der Waals surface area (Å²) in [6, 6.07) is 10.4. The lowest BCUT2D eigenvalue weighted by atomic mass is 10.1. The first-order chi connectivity index (χ1) is 14.9. The number of ether oxygens (including phenoxy) is 1. The van der Waals surface area contributed by atoms with Crippen molar-refractivity contribution in [2.45, 2.75) is 44.6 Å². The van der Waals surface area contributed by atoms with Crippen LogP contribution in [0, 0.1) is 0 Å². The average molecular weight is 468 g/mol. The van der Waals surface area contributed by atoms with Gasteiger partial charge in [-0.3, -0.25) is 0 Å². The van der Waals surface area contributed by atoms with E-state index in [0.717, 1.165) is 38.6 Å². The number of halogens is 2. The number of aliphatic hydroxyl groups excluding tert-OH is 1. The number of unbranched alkanes of at least 4 members (excludes halogenated alkanes) is 4. The number of aliphatic carboxylic acids is 1. The van der Waals surface area contributed by atoms with E-state index in [0.29, 0.717) is 45.8 Å². The molecule has 0 aromatic heterocycles. The fourth-order valence-corrected chi connectivity index (χ4v) is 3.64. The van der Waals surface area contributed by atoms with Gasteiger partial charge in [-0.1, -0.05) is 54.6 Å². The van der Waals surface area contributed by atoms with E-state index in [1.807, 2.05) is 6.07 Å². The van der Waals surface area contributed by atoms with Crippen LogP contribution >= 0.6 is 23.2 Å². The fraction of sp³-hybridized carbons (Fsp3) is 0.435. The predicted octanol–water partition coefficient (Wildman–Crippen LogP) is 3.52. The topological polar surface area (TPSA) is 108 Å². The second kappa shape index (κ2) is 13.4. The van der Waals surface area contributed by atoms with Crippen LogP contribution in [0.4, 0.5) is 5.69 Å². The third-order valence-electron chi connectivity index (χ3n) is 4.84. The Bertz CT molecular complexity index is 825. The van der Waals surface area contributed by atoms with E-state index in [-0.39, 0.29) is 6.42 Å². The van der Waals surface area contributed by atoms with Gasteiger partial charge < -0.3 is 30.8 Å². The number of carbonyl (C=O) groups is 1. The first kappa shape index (κ1) is 25.3. The van der Waals surface area contributed by atoms with Crippen molar-refractivity contribution < 1.29 is 19.7 Å². The monoisotopic (exact) mass is 467 g/mol. The van der Waals surface area contributed by atoms with E-state index >= 15 is 0 Å². The molecule has 0 saturated carbocycles. The molecule has 4 N–H and O–H groups in total. The number of anilines is 1. The molecule has 1 unspecified atom stereocenters. The number of rotatable bonds is 14. The highest BCUT2D eigenvalue weighted by atomic mass is 35.5. The summed E-state index contributed by atoms with van der Waals surface area (Å²) in [6.45, 7) is 1.84. The summed E-state index contributed by atoms with van der Waals surface area (Å²) in [7, 11) is 0. The van der Waals surface area contributed by atoms with Gasteiger partial charge in [-0.2, -0.15) is 0 Å². The van der Waals surface area contributed by atoms with Crippen LogP contribution in [0.2, 0.25) is 10.0 Å². The van der Waals surface area contributed by atoms with Gasteiger partial charge in [0.15, 0.2) is 0 Å². The van der Waals surface area contributed by atoms with Crippen molar-refractivity contribution in [3.05, 3.63) is 57.6 Å². The van der Waals surface area contributed by atoms with Gasteiger partial charge in [-0.15, -0.1) is 0 Å². The summed E-state index contributed by atoms with van der Waals surface area (Å²) in [5.74, 6) is -0.412. The van der Waals surface area contributed by atoms with Gasteiger partial charge in [0.25, 0.3) is 0 Å². The highest BCUT2D eigenvalue weighted by molar-refractivity contribution is 6.38. The number of nitrogen functional groups attached to an aromatic ring is 1. The lowest BCUT2D eigenvalue weighted by Crippen LogP contribution is -2.24. The van der Waals surface area contributed by atoms with Crippen LogP contribution in [-0.4, -0.2) is 30.8 Å². The van der Waals surface area contributed by atoms with Crippen LogP contribution in [0.5, 0.6) is 5.75 Å². The molecule has 0 spiro atoms. The van der Waals surface area contributed by atoms with Gasteiger partial charge in [-0.25, -0.2) is 0 Å².